The summed E-state index contributed by atoms with van der Waals surface area (Å²) in [6.45, 7) is 1.38. The molecule has 0 atom stereocenters. The van der Waals surface area contributed by atoms with E-state index in [0.717, 1.165) is 23.2 Å². The van der Waals surface area contributed by atoms with Gasteiger partial charge in [-0.1, -0.05) is 29.4 Å². The summed E-state index contributed by atoms with van der Waals surface area (Å²) in [5, 5.41) is 11.7. The quantitative estimate of drug-likeness (QED) is 0.304. The third-order valence-corrected chi connectivity index (χ3v) is 3.98. The van der Waals surface area contributed by atoms with Crippen LogP contribution < -0.4 is 14.9 Å². The molecule has 0 saturated carbocycles. The number of hydrogen-bond acceptors (Lipinski definition) is 3. The maximum Gasteiger partial charge on any atom is 0.254 e. The largest absolute Gasteiger partial charge is 0.411 e. The number of benzene rings is 1. The molecular weight excluding hydrogens is 328 g/mol. The number of amides is 1. The van der Waals surface area contributed by atoms with E-state index in [0.29, 0.717) is 12.1 Å². The van der Waals surface area contributed by atoms with Crippen LogP contribution in [0.4, 0.5) is 0 Å². The van der Waals surface area contributed by atoms with E-state index in [-0.39, 0.29) is 0 Å². The van der Waals surface area contributed by atoms with E-state index < -0.39 is 5.91 Å². The highest BCUT2D eigenvalue weighted by Gasteiger charge is 2.09. The van der Waals surface area contributed by atoms with Crippen molar-refractivity contribution in [1.29, 1.82) is 0 Å². The number of hydrogen-bond donors (Lipinski definition) is 2. The number of nitrogens with two attached hydrogens (primary N) is 1. The van der Waals surface area contributed by atoms with Crippen molar-refractivity contribution in [2.45, 2.75) is 13.1 Å². The van der Waals surface area contributed by atoms with Gasteiger partial charge in [-0.25, -0.2) is 4.57 Å². The number of carbonyl (C=O) groups excluding carboxylic acids is 1. The molecule has 2 aromatic heterocycles. The summed E-state index contributed by atoms with van der Waals surface area (Å²) in [7, 11) is 0. The van der Waals surface area contributed by atoms with Crippen molar-refractivity contribution < 1.29 is 19.1 Å². The average molecular weight is 348 g/mol. The molecule has 6 heteroatoms. The van der Waals surface area contributed by atoms with Gasteiger partial charge in [-0.05, 0) is 12.1 Å². The van der Waals surface area contributed by atoms with Crippen LogP contribution in [0.15, 0.2) is 78.5 Å². The maximum absolute atomic E-state index is 11.3. The summed E-state index contributed by atoms with van der Waals surface area (Å²) in [5.74, 6) is -0.430. The lowest BCUT2D eigenvalue weighted by atomic mass is 10.1. The van der Waals surface area contributed by atoms with E-state index in [2.05, 4.69) is 29.4 Å². The van der Waals surface area contributed by atoms with Crippen molar-refractivity contribution in [1.82, 2.24) is 0 Å². The molecule has 0 fully saturated rings. The second kappa shape index (κ2) is 8.02. The molecule has 0 aliphatic heterocycles. The average Bonchev–Trinajstić information content (AvgIpc) is 2.64. The van der Waals surface area contributed by atoms with Gasteiger partial charge >= 0.3 is 0 Å². The molecule has 26 heavy (non-hydrogen) atoms. The molecule has 130 valence electrons. The van der Waals surface area contributed by atoms with Crippen molar-refractivity contribution in [3.05, 3.63) is 95.6 Å². The molecule has 0 radical (unpaired) electrons. The molecule has 1 amide bonds. The highest BCUT2D eigenvalue weighted by molar-refractivity contribution is 5.92. The smallest absolute Gasteiger partial charge is 0.254 e. The summed E-state index contributed by atoms with van der Waals surface area (Å²) in [6, 6.07) is 15.6. The van der Waals surface area contributed by atoms with Crippen LogP contribution in [0, 0.1) is 0 Å². The van der Waals surface area contributed by atoms with Crippen LogP contribution in [0.5, 0.6) is 0 Å². The predicted molar refractivity (Wildman–Crippen MR) is 95.8 cm³/mol. The molecule has 6 nitrogen and oxygen atoms in total. The molecule has 0 bridgehead atoms. The zero-order valence-electron chi connectivity index (χ0n) is 14.2. The molecule has 3 aromatic rings. The number of pyridine rings is 2. The topological polar surface area (TPSA) is 83.4 Å². The zero-order valence-corrected chi connectivity index (χ0v) is 14.2. The first kappa shape index (κ1) is 17.3. The van der Waals surface area contributed by atoms with E-state index in [4.69, 9.17) is 10.9 Å². The van der Waals surface area contributed by atoms with E-state index in [1.165, 1.54) is 6.21 Å². The molecule has 0 spiro atoms. The minimum absolute atomic E-state index is 0.430. The van der Waals surface area contributed by atoms with Crippen molar-refractivity contribution in [3.63, 3.8) is 0 Å². The second-order valence-electron chi connectivity index (χ2n) is 6.00. The Kier molecular flexibility index (Phi) is 5.34. The van der Waals surface area contributed by atoms with Crippen LogP contribution in [0.3, 0.4) is 0 Å². The van der Waals surface area contributed by atoms with Gasteiger partial charge in [-0.3, -0.25) is 4.79 Å². The van der Waals surface area contributed by atoms with Crippen molar-refractivity contribution in [2.24, 2.45) is 10.9 Å². The van der Waals surface area contributed by atoms with Crippen LogP contribution >= 0.6 is 0 Å². The summed E-state index contributed by atoms with van der Waals surface area (Å²) >= 11 is 0. The predicted octanol–water partition coefficient (Wildman–Crippen LogP) is 1.27. The number of aromatic nitrogens is 2. The number of rotatable bonds is 6. The van der Waals surface area contributed by atoms with Crippen LogP contribution in [0.1, 0.15) is 27.0 Å². The van der Waals surface area contributed by atoms with E-state index in [9.17, 15) is 4.79 Å². The minimum atomic E-state index is -0.430. The lowest BCUT2D eigenvalue weighted by Crippen LogP contribution is -2.35. The van der Waals surface area contributed by atoms with E-state index in [1.54, 1.807) is 12.3 Å². The van der Waals surface area contributed by atoms with Gasteiger partial charge in [0.2, 0.25) is 0 Å². The number of primary amides is 1. The van der Waals surface area contributed by atoms with Crippen LogP contribution in [-0.2, 0) is 13.1 Å². The molecule has 0 unspecified atom stereocenters. The lowest BCUT2D eigenvalue weighted by molar-refractivity contribution is -0.689. The fraction of sp³-hybridized carbons (Fsp3) is 0.100. The van der Waals surface area contributed by atoms with E-state index >= 15 is 0 Å². The van der Waals surface area contributed by atoms with Crippen molar-refractivity contribution in [2.75, 3.05) is 0 Å². The molecular formula is C20H20N4O2+2. The van der Waals surface area contributed by atoms with E-state index in [1.807, 2.05) is 45.9 Å². The van der Waals surface area contributed by atoms with Crippen molar-refractivity contribution in [3.8, 4) is 0 Å². The number of oxime groups is 1. The van der Waals surface area contributed by atoms with Gasteiger partial charge < -0.3 is 10.9 Å². The Morgan fingerprint density at radius 3 is 2.12 bits per heavy atom. The number of nitrogens with zero attached hydrogens (tertiary/aromatic N) is 3. The first-order valence-corrected chi connectivity index (χ1v) is 8.17. The van der Waals surface area contributed by atoms with Crippen molar-refractivity contribution >= 4 is 12.1 Å². The molecule has 2 heterocycles. The van der Waals surface area contributed by atoms with Crippen LogP contribution in [0.25, 0.3) is 0 Å². The van der Waals surface area contributed by atoms with Gasteiger partial charge in [0, 0.05) is 23.3 Å². The lowest BCUT2D eigenvalue weighted by Gasteiger charge is -2.02. The third-order valence-electron chi connectivity index (χ3n) is 3.98. The zero-order chi connectivity index (χ0) is 18.4. The van der Waals surface area contributed by atoms with Gasteiger partial charge in [0.1, 0.15) is 5.56 Å². The fourth-order valence-electron chi connectivity index (χ4n) is 2.72. The van der Waals surface area contributed by atoms with Gasteiger partial charge in [0.25, 0.3) is 5.91 Å². The van der Waals surface area contributed by atoms with Gasteiger partial charge in [0.15, 0.2) is 37.9 Å². The molecule has 3 rings (SSSR count). The van der Waals surface area contributed by atoms with Gasteiger partial charge in [0.05, 0.1) is 11.8 Å². The van der Waals surface area contributed by atoms with Gasteiger partial charge in [-0.15, -0.1) is 0 Å². The minimum Gasteiger partial charge on any atom is -0.411 e. The van der Waals surface area contributed by atoms with Gasteiger partial charge in [-0.2, -0.15) is 4.57 Å². The summed E-state index contributed by atoms with van der Waals surface area (Å²) in [5.41, 5.74) is 8.94. The molecule has 0 aliphatic rings. The maximum atomic E-state index is 11.3. The van der Waals surface area contributed by atoms with Crippen LogP contribution in [0.2, 0.25) is 0 Å². The summed E-state index contributed by atoms with van der Waals surface area (Å²) < 4.78 is 3.96. The normalized spacial score (nSPS) is 10.9. The first-order valence-electron chi connectivity index (χ1n) is 8.17. The Hall–Kier alpha value is -3.54. The third kappa shape index (κ3) is 4.51. The second-order valence-corrected chi connectivity index (χ2v) is 6.00. The molecule has 0 saturated heterocycles. The summed E-state index contributed by atoms with van der Waals surface area (Å²) in [6.07, 6.45) is 8.94. The number of carbonyl (C=O) groups is 1. The Balaban J connectivity index is 1.70. The Labute approximate surface area is 151 Å². The highest BCUT2D eigenvalue weighted by atomic mass is 16.4. The van der Waals surface area contributed by atoms with Crippen LogP contribution in [-0.4, -0.2) is 17.3 Å². The molecule has 3 N–H and O–H groups in total. The monoisotopic (exact) mass is 348 g/mol. The SMILES string of the molecule is NC(=O)c1ccc[n+](Cc2ccc(C[n+]3cccc(/C=N/O)c3)cc2)c1. The Morgan fingerprint density at radius 2 is 1.54 bits per heavy atom. The first-order chi connectivity index (χ1) is 12.6. The molecule has 1 aromatic carbocycles. The fourth-order valence-corrected chi connectivity index (χ4v) is 2.72. The summed E-state index contributed by atoms with van der Waals surface area (Å²) in [4.78, 5) is 11.3. The molecule has 0 aliphatic carbocycles. The highest BCUT2D eigenvalue weighted by Crippen LogP contribution is 2.05. The Morgan fingerprint density at radius 1 is 0.962 bits per heavy atom. The standard InChI is InChI=1S/C20H18N4O2/c21-20(25)19-4-2-10-24(15-19)13-17-7-5-16(6-8-17)12-23-9-1-3-18(14-23)11-22-26/h1-11,14-15H,12-13H2,(H-2,21,25,26)/p+2/b22-11+. The Bertz CT molecular complexity index is 937.